The summed E-state index contributed by atoms with van der Waals surface area (Å²) >= 11 is 0. The van der Waals surface area contributed by atoms with Crippen molar-refractivity contribution in [2.75, 3.05) is 0 Å². The number of benzene rings is 2. The number of aryl methyl sites for hydroxylation is 1. The van der Waals surface area contributed by atoms with Gasteiger partial charge in [-0.1, -0.05) is 30.3 Å². The molecule has 1 heterocycles. The minimum absolute atomic E-state index is 0.0331. The summed E-state index contributed by atoms with van der Waals surface area (Å²) in [5.74, 6) is -0.605. The predicted molar refractivity (Wildman–Crippen MR) is 101 cm³/mol. The number of halogens is 1. The van der Waals surface area contributed by atoms with Crippen LogP contribution in [0.5, 0.6) is 0 Å². The lowest BCUT2D eigenvalue weighted by Gasteiger charge is -2.16. The molecule has 3 rings (SSSR count). The number of hydrogen-bond donors (Lipinski definition) is 1. The van der Waals surface area contributed by atoms with Gasteiger partial charge in [-0.25, -0.2) is 4.39 Å². The third kappa shape index (κ3) is 4.36. The number of amides is 1. The molecule has 0 radical (unpaired) electrons. The van der Waals surface area contributed by atoms with E-state index in [2.05, 4.69) is 17.4 Å². The van der Waals surface area contributed by atoms with E-state index in [1.165, 1.54) is 29.8 Å². The molecule has 1 atom stereocenters. The van der Waals surface area contributed by atoms with Gasteiger partial charge in [-0.15, -0.1) is 0 Å². The van der Waals surface area contributed by atoms with Gasteiger partial charge in [-0.2, -0.15) is 0 Å². The zero-order valence-electron chi connectivity index (χ0n) is 14.6. The quantitative estimate of drug-likeness (QED) is 0.740. The van der Waals surface area contributed by atoms with Crippen molar-refractivity contribution in [3.63, 3.8) is 0 Å². The average molecular weight is 352 g/mol. The second-order valence-corrected chi connectivity index (χ2v) is 6.46. The Morgan fingerprint density at radius 2 is 1.92 bits per heavy atom. The molecule has 26 heavy (non-hydrogen) atoms. The van der Waals surface area contributed by atoms with Crippen LogP contribution in [0.1, 0.15) is 18.9 Å². The first kappa shape index (κ1) is 17.9. The number of fused-ring (bicyclic) bond motifs is 1. The maximum absolute atomic E-state index is 13.4. The van der Waals surface area contributed by atoms with Crippen LogP contribution in [0.2, 0.25) is 0 Å². The van der Waals surface area contributed by atoms with Crippen LogP contribution in [-0.2, 0) is 17.8 Å². The minimum atomic E-state index is -0.466. The third-order valence-electron chi connectivity index (χ3n) is 4.37. The summed E-state index contributed by atoms with van der Waals surface area (Å²) < 4.78 is 15.0. The van der Waals surface area contributed by atoms with Crippen LogP contribution in [0.25, 0.3) is 10.9 Å². The fourth-order valence-corrected chi connectivity index (χ4v) is 3.00. The van der Waals surface area contributed by atoms with E-state index >= 15 is 0 Å². The normalized spacial score (nSPS) is 12.1. The molecule has 0 saturated carbocycles. The summed E-state index contributed by atoms with van der Waals surface area (Å²) in [6.45, 7) is 2.05. The largest absolute Gasteiger partial charge is 0.352 e. The first-order valence-electron chi connectivity index (χ1n) is 8.65. The lowest BCUT2D eigenvalue weighted by Crippen LogP contribution is -2.35. The van der Waals surface area contributed by atoms with Crippen molar-refractivity contribution in [1.82, 2.24) is 9.88 Å². The maximum Gasteiger partial charge on any atom is 0.240 e. The van der Waals surface area contributed by atoms with Gasteiger partial charge >= 0.3 is 0 Å². The molecule has 0 spiro atoms. The van der Waals surface area contributed by atoms with E-state index in [4.69, 9.17) is 0 Å². The van der Waals surface area contributed by atoms with E-state index in [0.29, 0.717) is 5.52 Å². The number of nitrogens with zero attached hydrogens (tertiary/aromatic N) is 1. The van der Waals surface area contributed by atoms with Crippen LogP contribution in [0.4, 0.5) is 4.39 Å². The van der Waals surface area contributed by atoms with Crippen molar-refractivity contribution in [2.45, 2.75) is 32.4 Å². The Kier molecular flexibility index (Phi) is 5.46. The number of rotatable bonds is 6. The molecule has 1 amide bonds. The standard InChI is InChI=1S/C21H21FN2O2/c1-15(7-8-16-5-3-2-4-6-16)23-21(26)14-24-12-11-20(25)18-13-17(22)9-10-19(18)24/h2-6,9-13,15H,7-8,14H2,1H3,(H,23,26). The highest BCUT2D eigenvalue weighted by molar-refractivity contribution is 5.82. The molecule has 0 fully saturated rings. The monoisotopic (exact) mass is 352 g/mol. The van der Waals surface area contributed by atoms with Gasteiger partial charge in [0.1, 0.15) is 12.4 Å². The fourth-order valence-electron chi connectivity index (χ4n) is 3.00. The highest BCUT2D eigenvalue weighted by atomic mass is 19.1. The molecular formula is C21H21FN2O2. The Hall–Kier alpha value is -2.95. The van der Waals surface area contributed by atoms with Crippen LogP contribution < -0.4 is 10.7 Å². The highest BCUT2D eigenvalue weighted by Gasteiger charge is 2.11. The zero-order valence-corrected chi connectivity index (χ0v) is 14.6. The van der Waals surface area contributed by atoms with Crippen molar-refractivity contribution in [3.05, 3.63) is 82.4 Å². The van der Waals surface area contributed by atoms with Gasteiger partial charge < -0.3 is 9.88 Å². The smallest absolute Gasteiger partial charge is 0.240 e. The number of carbonyl (C=O) groups is 1. The first-order valence-corrected chi connectivity index (χ1v) is 8.65. The molecule has 4 nitrogen and oxygen atoms in total. The molecule has 0 aliphatic heterocycles. The van der Waals surface area contributed by atoms with E-state index in [1.807, 2.05) is 25.1 Å². The highest BCUT2D eigenvalue weighted by Crippen LogP contribution is 2.12. The molecule has 2 aromatic carbocycles. The van der Waals surface area contributed by atoms with Crippen LogP contribution >= 0.6 is 0 Å². The van der Waals surface area contributed by atoms with Crippen molar-refractivity contribution in [3.8, 4) is 0 Å². The first-order chi connectivity index (χ1) is 12.5. The average Bonchev–Trinajstić information content (AvgIpc) is 2.63. The summed E-state index contributed by atoms with van der Waals surface area (Å²) in [6.07, 6.45) is 3.30. The van der Waals surface area contributed by atoms with Crippen molar-refractivity contribution >= 4 is 16.8 Å². The zero-order chi connectivity index (χ0) is 18.5. The summed E-state index contributed by atoms with van der Waals surface area (Å²) in [6, 6.07) is 15.5. The molecule has 1 N–H and O–H groups in total. The number of aromatic nitrogens is 1. The molecule has 134 valence electrons. The van der Waals surface area contributed by atoms with Crippen LogP contribution in [0.3, 0.4) is 0 Å². The van der Waals surface area contributed by atoms with Crippen molar-refractivity contribution in [2.24, 2.45) is 0 Å². The number of nitrogens with one attached hydrogen (secondary N) is 1. The lowest BCUT2D eigenvalue weighted by molar-refractivity contribution is -0.122. The van der Waals surface area contributed by atoms with Gasteiger partial charge in [0.05, 0.1) is 5.52 Å². The van der Waals surface area contributed by atoms with Gasteiger partial charge in [-0.3, -0.25) is 9.59 Å². The van der Waals surface area contributed by atoms with Gasteiger partial charge in [0.25, 0.3) is 0 Å². The topological polar surface area (TPSA) is 51.1 Å². The molecule has 0 aliphatic carbocycles. The molecular weight excluding hydrogens is 331 g/mol. The third-order valence-corrected chi connectivity index (χ3v) is 4.37. The molecule has 5 heteroatoms. The molecule has 3 aromatic rings. The Bertz CT molecular complexity index is 967. The molecule has 0 aliphatic rings. The van der Waals surface area contributed by atoms with Gasteiger partial charge in [-0.05, 0) is 43.5 Å². The summed E-state index contributed by atoms with van der Waals surface area (Å²) in [4.78, 5) is 24.2. The van der Waals surface area contributed by atoms with E-state index in [-0.39, 0.29) is 29.3 Å². The van der Waals surface area contributed by atoms with E-state index in [9.17, 15) is 14.0 Å². The van der Waals surface area contributed by atoms with Crippen molar-refractivity contribution < 1.29 is 9.18 Å². The number of carbonyl (C=O) groups excluding carboxylic acids is 1. The number of hydrogen-bond acceptors (Lipinski definition) is 2. The Labute approximate surface area is 151 Å². The van der Waals surface area contributed by atoms with Gasteiger partial charge in [0, 0.05) is 23.7 Å². The fraction of sp³-hybridized carbons (Fsp3) is 0.238. The maximum atomic E-state index is 13.4. The molecule has 1 aromatic heterocycles. The second-order valence-electron chi connectivity index (χ2n) is 6.46. The Morgan fingerprint density at radius 3 is 2.69 bits per heavy atom. The lowest BCUT2D eigenvalue weighted by atomic mass is 10.1. The second kappa shape index (κ2) is 7.95. The van der Waals surface area contributed by atoms with E-state index in [0.717, 1.165) is 12.8 Å². The van der Waals surface area contributed by atoms with Gasteiger partial charge in [0.15, 0.2) is 5.43 Å². The number of pyridine rings is 1. The molecule has 0 bridgehead atoms. The Balaban J connectivity index is 1.64. The minimum Gasteiger partial charge on any atom is -0.352 e. The van der Waals surface area contributed by atoms with Crippen molar-refractivity contribution in [1.29, 1.82) is 0 Å². The van der Waals surface area contributed by atoms with Crippen LogP contribution in [0.15, 0.2) is 65.6 Å². The summed E-state index contributed by atoms with van der Waals surface area (Å²) in [5, 5.41) is 3.25. The molecule has 0 saturated heterocycles. The summed E-state index contributed by atoms with van der Waals surface area (Å²) in [5.41, 5.74) is 1.53. The van der Waals surface area contributed by atoms with Gasteiger partial charge in [0.2, 0.25) is 5.91 Å². The van der Waals surface area contributed by atoms with E-state index in [1.54, 1.807) is 10.8 Å². The van der Waals surface area contributed by atoms with Crippen LogP contribution in [0, 0.1) is 5.82 Å². The Morgan fingerprint density at radius 1 is 1.15 bits per heavy atom. The summed E-state index contributed by atoms with van der Waals surface area (Å²) in [7, 11) is 0. The SMILES string of the molecule is CC(CCc1ccccc1)NC(=O)Cn1ccc(=O)c2cc(F)ccc21. The van der Waals surface area contributed by atoms with E-state index < -0.39 is 5.82 Å². The predicted octanol–water partition coefficient (Wildman–Crippen LogP) is 3.28. The van der Waals surface area contributed by atoms with Crippen LogP contribution in [-0.4, -0.2) is 16.5 Å². The molecule has 1 unspecified atom stereocenters.